The van der Waals surface area contributed by atoms with Crippen LogP contribution < -0.4 is 15.6 Å². The molecule has 2 amide bonds. The van der Waals surface area contributed by atoms with E-state index in [4.69, 9.17) is 4.74 Å². The number of benzene rings is 3. The number of carbonyl (C=O) groups excluding carboxylic acids is 2. The van der Waals surface area contributed by atoms with Gasteiger partial charge in [-0.2, -0.15) is 0 Å². The molecule has 28 heavy (non-hydrogen) atoms. The molecule has 2 N–H and O–H groups in total. The Morgan fingerprint density at radius 1 is 0.964 bits per heavy atom. The minimum atomic E-state index is -0.811. The number of carbonyl (C=O) groups is 2. The molecular weight excluding hydrogens is 359 g/mol. The second kappa shape index (κ2) is 8.81. The predicted octanol–water partition coefficient (Wildman–Crippen LogP) is 3.61. The van der Waals surface area contributed by atoms with E-state index in [1.807, 2.05) is 36.4 Å². The third-order valence-electron chi connectivity index (χ3n) is 3.99. The van der Waals surface area contributed by atoms with Crippen molar-refractivity contribution in [2.45, 2.75) is 13.0 Å². The van der Waals surface area contributed by atoms with E-state index >= 15 is 0 Å². The highest BCUT2D eigenvalue weighted by Crippen LogP contribution is 2.21. The molecule has 0 unspecified atom stereocenters. The predicted molar refractivity (Wildman–Crippen MR) is 106 cm³/mol. The molecule has 1 atom stereocenters. The molecule has 0 aliphatic heterocycles. The molecule has 0 spiro atoms. The molecule has 0 aliphatic rings. The maximum Gasteiger partial charge on any atom is 0.279 e. The van der Waals surface area contributed by atoms with Gasteiger partial charge in [-0.05, 0) is 53.6 Å². The van der Waals surface area contributed by atoms with E-state index < -0.39 is 23.7 Å². The monoisotopic (exact) mass is 378 g/mol. The van der Waals surface area contributed by atoms with Gasteiger partial charge in [0.15, 0.2) is 6.10 Å². The first-order valence-electron chi connectivity index (χ1n) is 8.70. The Kier molecular flexibility index (Phi) is 6.01. The van der Waals surface area contributed by atoms with E-state index in [9.17, 15) is 14.0 Å². The molecule has 0 saturated carbocycles. The SMILES string of the molecule is C[C@H](Oc1ccc2ccccc2c1)C(=O)NNC(=O)/C=C/c1cccc(F)c1. The topological polar surface area (TPSA) is 67.4 Å². The van der Waals surface area contributed by atoms with Gasteiger partial charge in [0.1, 0.15) is 11.6 Å². The van der Waals surface area contributed by atoms with Crippen molar-refractivity contribution in [3.05, 3.63) is 84.2 Å². The Balaban J connectivity index is 1.51. The molecule has 3 aromatic rings. The van der Waals surface area contributed by atoms with Crippen molar-refractivity contribution in [2.24, 2.45) is 0 Å². The van der Waals surface area contributed by atoms with Crippen LogP contribution in [0.1, 0.15) is 12.5 Å². The molecule has 0 aliphatic carbocycles. The molecular formula is C22H19FN2O3. The van der Waals surface area contributed by atoms with Gasteiger partial charge in [-0.1, -0.05) is 42.5 Å². The zero-order valence-corrected chi connectivity index (χ0v) is 15.2. The largest absolute Gasteiger partial charge is 0.481 e. The van der Waals surface area contributed by atoms with Gasteiger partial charge in [0.25, 0.3) is 11.8 Å². The molecule has 0 bridgehead atoms. The lowest BCUT2D eigenvalue weighted by molar-refractivity contribution is -0.131. The van der Waals surface area contributed by atoms with E-state index in [1.165, 1.54) is 24.3 Å². The lowest BCUT2D eigenvalue weighted by Crippen LogP contribution is -2.46. The van der Waals surface area contributed by atoms with Crippen molar-refractivity contribution in [3.8, 4) is 5.75 Å². The van der Waals surface area contributed by atoms with Gasteiger partial charge in [0.2, 0.25) is 0 Å². The van der Waals surface area contributed by atoms with Crippen molar-refractivity contribution in [1.82, 2.24) is 10.9 Å². The Labute approximate surface area is 161 Å². The minimum Gasteiger partial charge on any atom is -0.481 e. The quantitative estimate of drug-likeness (QED) is 0.527. The summed E-state index contributed by atoms with van der Waals surface area (Å²) in [7, 11) is 0. The van der Waals surface area contributed by atoms with Gasteiger partial charge in [-0.3, -0.25) is 20.4 Å². The first kappa shape index (κ1) is 19.1. The van der Waals surface area contributed by atoms with Crippen LogP contribution in [-0.2, 0) is 9.59 Å². The van der Waals surface area contributed by atoms with Crippen molar-refractivity contribution >= 4 is 28.7 Å². The number of hydrogen-bond acceptors (Lipinski definition) is 3. The lowest BCUT2D eigenvalue weighted by Gasteiger charge is -2.15. The average Bonchev–Trinajstić information content (AvgIpc) is 2.70. The summed E-state index contributed by atoms with van der Waals surface area (Å²) in [6.45, 7) is 1.58. The van der Waals surface area contributed by atoms with Crippen LogP contribution in [0, 0.1) is 5.82 Å². The van der Waals surface area contributed by atoms with Crippen molar-refractivity contribution in [1.29, 1.82) is 0 Å². The molecule has 142 valence electrons. The molecule has 0 saturated heterocycles. The molecule has 0 heterocycles. The third kappa shape index (κ3) is 5.17. The van der Waals surface area contributed by atoms with Crippen LogP contribution in [0.4, 0.5) is 4.39 Å². The van der Waals surface area contributed by atoms with Crippen LogP contribution in [0.25, 0.3) is 16.8 Å². The molecule has 5 nitrogen and oxygen atoms in total. The normalized spacial score (nSPS) is 11.9. The van der Waals surface area contributed by atoms with E-state index in [2.05, 4.69) is 10.9 Å². The van der Waals surface area contributed by atoms with Gasteiger partial charge in [0.05, 0.1) is 0 Å². The van der Waals surface area contributed by atoms with E-state index in [0.717, 1.165) is 10.8 Å². The summed E-state index contributed by atoms with van der Waals surface area (Å²) >= 11 is 0. The average molecular weight is 378 g/mol. The summed E-state index contributed by atoms with van der Waals surface area (Å²) in [6.07, 6.45) is 1.83. The highest BCUT2D eigenvalue weighted by molar-refractivity contribution is 5.93. The number of amides is 2. The summed E-state index contributed by atoms with van der Waals surface area (Å²) in [5.41, 5.74) is 5.10. The Bertz CT molecular complexity index is 1030. The van der Waals surface area contributed by atoms with Gasteiger partial charge < -0.3 is 4.74 Å². The second-order valence-corrected chi connectivity index (χ2v) is 6.14. The first-order chi connectivity index (χ1) is 13.5. The Hall–Kier alpha value is -3.67. The number of hydrazine groups is 1. The molecule has 3 aromatic carbocycles. The van der Waals surface area contributed by atoms with Crippen LogP contribution in [0.2, 0.25) is 0 Å². The molecule has 0 radical (unpaired) electrons. The number of ether oxygens (including phenoxy) is 1. The molecule has 3 rings (SSSR count). The van der Waals surface area contributed by atoms with Crippen LogP contribution in [0.5, 0.6) is 5.75 Å². The second-order valence-electron chi connectivity index (χ2n) is 6.14. The third-order valence-corrected chi connectivity index (χ3v) is 3.99. The van der Waals surface area contributed by atoms with Crippen molar-refractivity contribution in [2.75, 3.05) is 0 Å². The van der Waals surface area contributed by atoms with Crippen LogP contribution in [-0.4, -0.2) is 17.9 Å². The van der Waals surface area contributed by atoms with Gasteiger partial charge in [0, 0.05) is 6.08 Å². The van der Waals surface area contributed by atoms with Crippen LogP contribution in [0.3, 0.4) is 0 Å². The summed E-state index contributed by atoms with van der Waals surface area (Å²) in [6, 6.07) is 19.2. The Morgan fingerprint density at radius 3 is 2.54 bits per heavy atom. The summed E-state index contributed by atoms with van der Waals surface area (Å²) in [5.74, 6) is -0.884. The summed E-state index contributed by atoms with van der Waals surface area (Å²) in [5, 5.41) is 2.08. The van der Waals surface area contributed by atoms with E-state index in [-0.39, 0.29) is 0 Å². The van der Waals surface area contributed by atoms with Crippen LogP contribution in [0.15, 0.2) is 72.8 Å². The maximum absolute atomic E-state index is 13.1. The zero-order valence-electron chi connectivity index (χ0n) is 15.2. The number of rotatable bonds is 5. The van der Waals surface area contributed by atoms with Gasteiger partial charge in [-0.25, -0.2) is 4.39 Å². The first-order valence-corrected chi connectivity index (χ1v) is 8.70. The lowest BCUT2D eigenvalue weighted by atomic mass is 10.1. The molecule has 6 heteroatoms. The number of nitrogens with one attached hydrogen (secondary N) is 2. The zero-order chi connectivity index (χ0) is 19.9. The van der Waals surface area contributed by atoms with Crippen molar-refractivity contribution < 1.29 is 18.7 Å². The van der Waals surface area contributed by atoms with E-state index in [1.54, 1.807) is 25.1 Å². The fourth-order valence-corrected chi connectivity index (χ4v) is 2.55. The van der Waals surface area contributed by atoms with Gasteiger partial charge >= 0.3 is 0 Å². The Morgan fingerprint density at radius 2 is 1.75 bits per heavy atom. The standard InChI is InChI=1S/C22H19FN2O3/c1-15(28-20-11-10-17-6-2-3-7-18(17)14-20)22(27)25-24-21(26)12-9-16-5-4-8-19(23)13-16/h2-15H,1H3,(H,24,26)(H,25,27)/b12-9+/t15-/m0/s1. The molecule has 0 aromatic heterocycles. The highest BCUT2D eigenvalue weighted by Gasteiger charge is 2.15. The van der Waals surface area contributed by atoms with E-state index in [0.29, 0.717) is 11.3 Å². The van der Waals surface area contributed by atoms with Gasteiger partial charge in [-0.15, -0.1) is 0 Å². The number of fused-ring (bicyclic) bond motifs is 1. The number of hydrogen-bond donors (Lipinski definition) is 2. The fourth-order valence-electron chi connectivity index (χ4n) is 2.55. The van der Waals surface area contributed by atoms with Crippen LogP contribution >= 0.6 is 0 Å². The smallest absolute Gasteiger partial charge is 0.279 e. The summed E-state index contributed by atoms with van der Waals surface area (Å²) in [4.78, 5) is 23.9. The highest BCUT2D eigenvalue weighted by atomic mass is 19.1. The van der Waals surface area contributed by atoms with Crippen molar-refractivity contribution in [3.63, 3.8) is 0 Å². The maximum atomic E-state index is 13.1. The summed E-state index contributed by atoms with van der Waals surface area (Å²) < 4.78 is 18.7. The number of halogens is 1. The minimum absolute atomic E-state index is 0.393. The fraction of sp³-hybridized carbons (Fsp3) is 0.0909. The molecule has 0 fully saturated rings.